The van der Waals surface area contributed by atoms with Gasteiger partial charge in [0.1, 0.15) is 17.6 Å². The van der Waals surface area contributed by atoms with Gasteiger partial charge in [0.25, 0.3) is 0 Å². The normalized spacial score (nSPS) is 30.8. The van der Waals surface area contributed by atoms with Crippen LogP contribution in [0.1, 0.15) is 60.3 Å². The van der Waals surface area contributed by atoms with E-state index in [9.17, 15) is 4.79 Å². The summed E-state index contributed by atoms with van der Waals surface area (Å²) in [4.78, 5) is 15.0. The third kappa shape index (κ3) is 3.80. The number of nitrogens with zero attached hydrogens (tertiary/aromatic N) is 1. The van der Waals surface area contributed by atoms with E-state index in [1.165, 1.54) is 0 Å². The highest BCUT2D eigenvalue weighted by Gasteiger charge is 2.63. The minimum absolute atomic E-state index is 0.0358. The predicted octanol–water partition coefficient (Wildman–Crippen LogP) is 5.81. The Bertz CT molecular complexity index is 772. The number of hydrogen-bond acceptors (Lipinski definition) is 3. The van der Waals surface area contributed by atoms with Crippen molar-refractivity contribution in [2.24, 2.45) is 16.7 Å². The van der Waals surface area contributed by atoms with E-state index in [1.807, 2.05) is 6.07 Å². The molecule has 2 aliphatic carbocycles. The molecule has 28 heavy (non-hydrogen) atoms. The molecule has 0 aromatic heterocycles. The number of hydrogen-bond donors (Lipinski definition) is 1. The minimum Gasteiger partial charge on any atom is -0.489 e. The first-order valence-electron chi connectivity index (χ1n) is 10.2. The molecule has 2 aliphatic rings. The summed E-state index contributed by atoms with van der Waals surface area (Å²) in [5.41, 5.74) is 0.374. The van der Waals surface area contributed by atoms with Gasteiger partial charge in [-0.3, -0.25) is 4.79 Å². The summed E-state index contributed by atoms with van der Waals surface area (Å²) >= 11 is 6.18. The van der Waals surface area contributed by atoms with Crippen molar-refractivity contribution in [3.05, 3.63) is 34.6 Å². The van der Waals surface area contributed by atoms with Crippen LogP contribution >= 0.6 is 11.6 Å². The zero-order chi connectivity index (χ0) is 20.7. The number of nitrogens with one attached hydrogen (secondary N) is 1. The van der Waals surface area contributed by atoms with E-state index in [1.54, 1.807) is 19.1 Å². The lowest BCUT2D eigenvalue weighted by Gasteiger charge is -2.64. The minimum atomic E-state index is -0.0358. The van der Waals surface area contributed by atoms with Gasteiger partial charge in [-0.05, 0) is 44.7 Å². The first kappa shape index (κ1) is 21.1. The molecule has 3 rings (SSSR count). The van der Waals surface area contributed by atoms with Crippen molar-refractivity contribution in [2.45, 2.75) is 78.5 Å². The summed E-state index contributed by atoms with van der Waals surface area (Å²) in [6.45, 7) is 17.8. The smallest absolute Gasteiger partial charge is 0.205 e. The molecule has 1 aromatic carbocycles. The van der Waals surface area contributed by atoms with Gasteiger partial charge < -0.3 is 10.1 Å². The van der Waals surface area contributed by atoms with E-state index in [-0.39, 0.29) is 22.9 Å². The fraction of sp³-hybridized carbons (Fsp3) is 0.652. The Morgan fingerprint density at radius 2 is 1.79 bits per heavy atom. The number of halogens is 1. The molecule has 152 valence electrons. The van der Waals surface area contributed by atoms with Crippen LogP contribution in [0, 0.1) is 23.3 Å². The number of carbonyl (C=O) groups is 1. The molecule has 0 heterocycles. The summed E-state index contributed by atoms with van der Waals surface area (Å²) in [6.07, 6.45) is 4.15. The number of Topliss-reactive ketones (excluding diaryl/α,β-unsaturated/α-hetero) is 1. The van der Waals surface area contributed by atoms with Crippen LogP contribution in [-0.4, -0.2) is 24.0 Å². The molecule has 0 amide bonds. The van der Waals surface area contributed by atoms with Crippen LogP contribution in [0.4, 0.5) is 5.69 Å². The van der Waals surface area contributed by atoms with E-state index < -0.39 is 0 Å². The third-order valence-electron chi connectivity index (χ3n) is 6.84. The molecule has 0 atom stereocenters. The van der Waals surface area contributed by atoms with Gasteiger partial charge in [-0.15, -0.1) is 0 Å². The van der Waals surface area contributed by atoms with Crippen LogP contribution in [0.3, 0.4) is 0 Å². The summed E-state index contributed by atoms with van der Waals surface area (Å²) in [7, 11) is 0. The molecular formula is C23H31ClN2O2. The highest BCUT2D eigenvalue weighted by Crippen LogP contribution is 2.56. The largest absolute Gasteiger partial charge is 0.489 e. The fourth-order valence-corrected chi connectivity index (χ4v) is 5.76. The summed E-state index contributed by atoms with van der Waals surface area (Å²) in [6, 6.07) is 6.08. The number of ketones is 1. The standard InChI is InChI=1S/C23H31ClN2O2/c1-14(27)15-7-9-16(10-8-15)26-20-22(2,3)21(23(20,4)5)28-17-11-12-19(25-6)18(24)13-17/h11-13,15-16,20-21,26H,7-10H2,1-5H3. The summed E-state index contributed by atoms with van der Waals surface area (Å²) in [5, 5.41) is 4.31. The molecule has 0 spiro atoms. The van der Waals surface area contributed by atoms with Crippen molar-refractivity contribution in [1.29, 1.82) is 0 Å². The van der Waals surface area contributed by atoms with Crippen molar-refractivity contribution in [1.82, 2.24) is 5.32 Å². The topological polar surface area (TPSA) is 42.7 Å². The van der Waals surface area contributed by atoms with Gasteiger partial charge in [-0.25, -0.2) is 4.85 Å². The second kappa shape index (κ2) is 7.69. The van der Waals surface area contributed by atoms with Gasteiger partial charge >= 0.3 is 0 Å². The van der Waals surface area contributed by atoms with Crippen molar-refractivity contribution < 1.29 is 9.53 Å². The van der Waals surface area contributed by atoms with Crippen LogP contribution < -0.4 is 10.1 Å². The van der Waals surface area contributed by atoms with E-state index in [2.05, 4.69) is 37.9 Å². The molecule has 1 N–H and O–H groups in total. The Morgan fingerprint density at radius 3 is 2.29 bits per heavy atom. The number of ether oxygens (including phenoxy) is 1. The third-order valence-corrected chi connectivity index (χ3v) is 7.14. The Kier molecular flexibility index (Phi) is 5.81. The van der Waals surface area contributed by atoms with E-state index >= 15 is 0 Å². The van der Waals surface area contributed by atoms with Crippen LogP contribution in [0.15, 0.2) is 18.2 Å². The first-order valence-corrected chi connectivity index (χ1v) is 10.5. The molecule has 0 saturated heterocycles. The summed E-state index contributed by atoms with van der Waals surface area (Å²) < 4.78 is 6.36. The van der Waals surface area contributed by atoms with Crippen LogP contribution in [0.2, 0.25) is 5.02 Å². The highest BCUT2D eigenvalue weighted by atomic mass is 35.5. The lowest BCUT2D eigenvalue weighted by Crippen LogP contribution is -2.75. The lowest BCUT2D eigenvalue weighted by atomic mass is 9.49. The van der Waals surface area contributed by atoms with Gasteiger partial charge in [-0.2, -0.15) is 0 Å². The molecule has 0 bridgehead atoms. The first-order chi connectivity index (χ1) is 13.1. The average Bonchev–Trinajstić information content (AvgIpc) is 2.64. The van der Waals surface area contributed by atoms with E-state index in [0.717, 1.165) is 25.7 Å². The summed E-state index contributed by atoms with van der Waals surface area (Å²) in [5.74, 6) is 1.29. The van der Waals surface area contributed by atoms with Crippen molar-refractivity contribution in [2.75, 3.05) is 0 Å². The van der Waals surface area contributed by atoms with Crippen molar-refractivity contribution in [3.8, 4) is 5.75 Å². The van der Waals surface area contributed by atoms with E-state index in [0.29, 0.717) is 34.3 Å². The molecule has 0 radical (unpaired) electrons. The molecule has 0 unspecified atom stereocenters. The second-order valence-corrected chi connectivity index (χ2v) is 10.0. The van der Waals surface area contributed by atoms with Gasteiger partial charge in [0.15, 0.2) is 0 Å². The maximum absolute atomic E-state index is 11.6. The molecule has 4 nitrogen and oxygen atoms in total. The SMILES string of the molecule is [C-]#[N+]c1ccc(OC2C(C)(C)C(NC3CCC(C(C)=O)CC3)C2(C)C)cc1Cl. The van der Waals surface area contributed by atoms with Crippen LogP contribution in [0.25, 0.3) is 4.85 Å². The fourth-order valence-electron chi connectivity index (χ4n) is 5.55. The maximum Gasteiger partial charge on any atom is 0.205 e. The Hall–Kier alpha value is -1.57. The monoisotopic (exact) mass is 402 g/mol. The molecule has 2 fully saturated rings. The lowest BCUT2D eigenvalue weighted by molar-refractivity contribution is -0.172. The van der Waals surface area contributed by atoms with Crippen LogP contribution in [-0.2, 0) is 4.79 Å². The molecular weight excluding hydrogens is 372 g/mol. The average molecular weight is 403 g/mol. The van der Waals surface area contributed by atoms with Crippen molar-refractivity contribution >= 4 is 23.1 Å². The van der Waals surface area contributed by atoms with Gasteiger partial charge in [0, 0.05) is 28.8 Å². The molecule has 1 aromatic rings. The zero-order valence-electron chi connectivity index (χ0n) is 17.5. The van der Waals surface area contributed by atoms with Gasteiger partial charge in [-0.1, -0.05) is 45.4 Å². The predicted molar refractivity (Wildman–Crippen MR) is 113 cm³/mol. The second-order valence-electron chi connectivity index (χ2n) is 9.62. The number of carbonyl (C=O) groups excluding carboxylic acids is 1. The highest BCUT2D eigenvalue weighted by molar-refractivity contribution is 6.33. The zero-order valence-corrected chi connectivity index (χ0v) is 18.3. The Balaban J connectivity index is 1.66. The Labute approximate surface area is 173 Å². The molecule has 2 saturated carbocycles. The molecule has 0 aliphatic heterocycles. The maximum atomic E-state index is 11.6. The van der Waals surface area contributed by atoms with Gasteiger partial charge in [0.2, 0.25) is 5.69 Å². The quantitative estimate of drug-likeness (QED) is 0.632. The van der Waals surface area contributed by atoms with Crippen LogP contribution in [0.5, 0.6) is 5.75 Å². The number of rotatable bonds is 5. The Morgan fingerprint density at radius 1 is 1.18 bits per heavy atom. The van der Waals surface area contributed by atoms with Gasteiger partial charge in [0.05, 0.1) is 11.6 Å². The molecule has 5 heteroatoms. The number of benzene rings is 1. The van der Waals surface area contributed by atoms with E-state index in [4.69, 9.17) is 22.9 Å². The van der Waals surface area contributed by atoms with Crippen molar-refractivity contribution in [3.63, 3.8) is 0 Å².